The molecule has 0 aliphatic carbocycles. The van der Waals surface area contributed by atoms with Crippen molar-refractivity contribution in [2.75, 3.05) is 35.0 Å². The molecule has 4 atom stereocenters. The van der Waals surface area contributed by atoms with Crippen LogP contribution in [0, 0.1) is 11.8 Å². The molecule has 0 aliphatic heterocycles. The van der Waals surface area contributed by atoms with Gasteiger partial charge in [-0.2, -0.15) is 0 Å². The summed E-state index contributed by atoms with van der Waals surface area (Å²) >= 11 is 0. The molecule has 0 aromatic heterocycles. The van der Waals surface area contributed by atoms with Crippen molar-refractivity contribution >= 4 is 14.3 Å². The molecule has 8 nitrogen and oxygen atoms in total. The minimum Gasteiger partial charge on any atom is -0.493 e. The number of ether oxygens (including phenoxy) is 5. The lowest BCUT2D eigenvalue weighted by Crippen LogP contribution is -2.49. The number of hydrogen-bond acceptors (Lipinski definition) is 8. The molecule has 0 heterocycles. The van der Waals surface area contributed by atoms with Crippen LogP contribution in [0.15, 0.2) is 49.1 Å². The summed E-state index contributed by atoms with van der Waals surface area (Å²) in [6, 6.07) is 11.4. The minimum absolute atomic E-state index is 0.135. The highest BCUT2D eigenvalue weighted by Crippen LogP contribution is 2.49. The van der Waals surface area contributed by atoms with E-state index in [-0.39, 0.29) is 18.4 Å². The molecule has 1 N–H and O–H groups in total. The van der Waals surface area contributed by atoms with E-state index >= 15 is 0 Å². The van der Waals surface area contributed by atoms with Gasteiger partial charge < -0.3 is 33.2 Å². The van der Waals surface area contributed by atoms with Gasteiger partial charge in [0.2, 0.25) is 8.32 Å². The van der Waals surface area contributed by atoms with Crippen molar-refractivity contribution in [3.05, 3.63) is 60.2 Å². The Bertz CT molecular complexity index is 1210. The number of methoxy groups -OCH3 is 4. The number of carbonyl (C=O) groups excluding carboxylic acids is 1. The number of carbonyl (C=O) groups is 1. The van der Waals surface area contributed by atoms with Gasteiger partial charge in [0.15, 0.2) is 23.0 Å². The van der Waals surface area contributed by atoms with E-state index in [1.165, 1.54) is 6.92 Å². The molecule has 0 fully saturated rings. The van der Waals surface area contributed by atoms with Gasteiger partial charge in [0.1, 0.15) is 6.10 Å². The monoisotopic (exact) mass is 644 g/mol. The third-order valence-electron chi connectivity index (χ3n) is 8.97. The van der Waals surface area contributed by atoms with Crippen LogP contribution in [-0.2, 0) is 14.0 Å². The van der Waals surface area contributed by atoms with Crippen molar-refractivity contribution in [1.29, 1.82) is 0 Å². The lowest BCUT2D eigenvalue weighted by Gasteiger charge is -2.46. The highest BCUT2D eigenvalue weighted by atomic mass is 28.4. The Balaban J connectivity index is 2.75. The first-order valence-corrected chi connectivity index (χ1v) is 18.0. The predicted molar refractivity (Wildman–Crippen MR) is 182 cm³/mol. The van der Waals surface area contributed by atoms with E-state index in [9.17, 15) is 9.90 Å². The van der Waals surface area contributed by atoms with Gasteiger partial charge in [0.25, 0.3) is 0 Å². The van der Waals surface area contributed by atoms with E-state index in [4.69, 9.17) is 28.1 Å². The Morgan fingerprint density at radius 3 is 1.56 bits per heavy atom. The van der Waals surface area contributed by atoms with E-state index < -0.39 is 26.5 Å². The summed E-state index contributed by atoms with van der Waals surface area (Å²) in [5.41, 5.74) is 2.64. The van der Waals surface area contributed by atoms with Gasteiger partial charge in [-0.25, -0.2) is 0 Å². The first-order chi connectivity index (χ1) is 21.3. The number of aliphatic hydroxyl groups is 1. The molecule has 9 heteroatoms. The summed E-state index contributed by atoms with van der Waals surface area (Å²) < 4.78 is 35.7. The molecule has 0 spiro atoms. The fraction of sp³-hybridized carbons (Fsp3) is 0.583. The zero-order valence-electron chi connectivity index (χ0n) is 29.2. The van der Waals surface area contributed by atoms with Gasteiger partial charge in [0.05, 0.1) is 34.5 Å². The Morgan fingerprint density at radius 1 is 0.756 bits per heavy atom. The second kappa shape index (κ2) is 17.6. The van der Waals surface area contributed by atoms with Gasteiger partial charge in [-0.3, -0.25) is 4.79 Å². The average Bonchev–Trinajstić information content (AvgIpc) is 3.01. The fourth-order valence-electron chi connectivity index (χ4n) is 6.98. The fourth-order valence-corrected chi connectivity index (χ4v) is 12.6. The SMILES string of the molecule is C=CC[C@H](C[C@H](CO)[C@H](O[Si](C(C)C)(C(C)C)C(C)C)c1ccc(OC)c(OC)c1)[C@H](OC(C)=O)c1ccc(OC)c(OC)c1. The summed E-state index contributed by atoms with van der Waals surface area (Å²) in [5.74, 6) is 1.37. The summed E-state index contributed by atoms with van der Waals surface area (Å²) in [6.07, 6.45) is 1.79. The van der Waals surface area contributed by atoms with Gasteiger partial charge in [-0.1, -0.05) is 59.8 Å². The lowest BCUT2D eigenvalue weighted by atomic mass is 9.81. The molecular weight excluding hydrogens is 588 g/mol. The van der Waals surface area contributed by atoms with Crippen molar-refractivity contribution in [3.8, 4) is 23.0 Å². The maximum Gasteiger partial charge on any atom is 0.303 e. The van der Waals surface area contributed by atoms with Crippen molar-refractivity contribution in [2.45, 2.75) is 90.1 Å². The number of allylic oxidation sites excluding steroid dienone is 1. The topological polar surface area (TPSA) is 92.7 Å². The molecule has 2 rings (SSSR count). The van der Waals surface area contributed by atoms with Crippen LogP contribution >= 0.6 is 0 Å². The van der Waals surface area contributed by atoms with Crippen LogP contribution in [0.1, 0.15) is 84.6 Å². The molecule has 0 bridgehead atoms. The van der Waals surface area contributed by atoms with Crippen LogP contribution in [0.25, 0.3) is 0 Å². The normalized spacial score (nSPS) is 14.6. The van der Waals surface area contributed by atoms with E-state index in [0.29, 0.717) is 52.5 Å². The first kappa shape index (κ1) is 38.2. The number of rotatable bonds is 19. The Labute approximate surface area is 272 Å². The Kier molecular flexibility index (Phi) is 14.9. The van der Waals surface area contributed by atoms with Crippen LogP contribution < -0.4 is 18.9 Å². The summed E-state index contributed by atoms with van der Waals surface area (Å²) in [5, 5.41) is 11.1. The van der Waals surface area contributed by atoms with Gasteiger partial charge in [0, 0.05) is 25.4 Å². The van der Waals surface area contributed by atoms with E-state index in [1.54, 1.807) is 28.4 Å². The highest BCUT2D eigenvalue weighted by Gasteiger charge is 2.48. The number of benzene rings is 2. The largest absolute Gasteiger partial charge is 0.493 e. The smallest absolute Gasteiger partial charge is 0.303 e. The standard InChI is InChI=1S/C36H56O8Si/c1-13-14-27(35(43-26(8)38)28-15-17-31(39-9)33(20-28)41-11)19-30(22-37)36(29-16-18-32(40-10)34(21-29)42-12)44-45(23(2)3,24(4)5)25(6)7/h13,15-18,20-21,23-25,27,30,35-37H,1,14,19,22H2,2-12H3/t27-,30-,35+,36-/m1/s1. The number of aliphatic hydroxyl groups excluding tert-OH is 1. The summed E-state index contributed by atoms with van der Waals surface area (Å²) in [7, 11) is 3.95. The molecule has 0 unspecified atom stereocenters. The van der Waals surface area contributed by atoms with Crippen LogP contribution in [0.5, 0.6) is 23.0 Å². The quantitative estimate of drug-likeness (QED) is 0.0925. The second-order valence-electron chi connectivity index (χ2n) is 12.6. The molecule has 252 valence electrons. The molecular formula is C36H56O8Si. The third kappa shape index (κ3) is 9.05. The van der Waals surface area contributed by atoms with Crippen molar-refractivity contribution in [2.24, 2.45) is 11.8 Å². The van der Waals surface area contributed by atoms with Gasteiger partial charge in [-0.05, 0) is 64.9 Å². The van der Waals surface area contributed by atoms with Crippen LogP contribution in [0.3, 0.4) is 0 Å². The zero-order valence-corrected chi connectivity index (χ0v) is 30.2. The van der Waals surface area contributed by atoms with Crippen molar-refractivity contribution < 1.29 is 38.0 Å². The number of hydrogen-bond donors (Lipinski definition) is 1. The highest BCUT2D eigenvalue weighted by molar-refractivity contribution is 6.77. The van der Waals surface area contributed by atoms with Gasteiger partial charge in [-0.15, -0.1) is 6.58 Å². The molecule has 0 aliphatic rings. The molecule has 0 saturated carbocycles. The van der Waals surface area contributed by atoms with Crippen LogP contribution in [0.4, 0.5) is 0 Å². The molecule has 45 heavy (non-hydrogen) atoms. The van der Waals surface area contributed by atoms with E-state index in [1.807, 2.05) is 42.5 Å². The average molecular weight is 645 g/mol. The van der Waals surface area contributed by atoms with Crippen LogP contribution in [0.2, 0.25) is 16.6 Å². The van der Waals surface area contributed by atoms with Crippen molar-refractivity contribution in [3.63, 3.8) is 0 Å². The first-order valence-electron chi connectivity index (χ1n) is 15.8. The lowest BCUT2D eigenvalue weighted by molar-refractivity contribution is -0.150. The molecule has 2 aromatic rings. The number of esters is 1. The maximum atomic E-state index is 12.5. The maximum absolute atomic E-state index is 12.5. The summed E-state index contributed by atoms with van der Waals surface area (Å²) in [4.78, 5) is 12.5. The molecule has 2 aromatic carbocycles. The third-order valence-corrected chi connectivity index (χ3v) is 15.0. The van der Waals surface area contributed by atoms with Crippen molar-refractivity contribution in [1.82, 2.24) is 0 Å². The zero-order chi connectivity index (χ0) is 33.9. The Morgan fingerprint density at radius 2 is 1.20 bits per heavy atom. The second-order valence-corrected chi connectivity index (χ2v) is 18.0. The van der Waals surface area contributed by atoms with E-state index in [0.717, 1.165) is 11.1 Å². The van der Waals surface area contributed by atoms with Crippen LogP contribution in [-0.4, -0.2) is 54.4 Å². The molecule has 0 radical (unpaired) electrons. The molecule has 0 amide bonds. The summed E-state index contributed by atoms with van der Waals surface area (Å²) in [6.45, 7) is 18.8. The Hall–Kier alpha value is -3.01. The minimum atomic E-state index is -2.43. The predicted octanol–water partition coefficient (Wildman–Crippen LogP) is 8.45. The molecule has 0 saturated heterocycles. The van der Waals surface area contributed by atoms with E-state index in [2.05, 4.69) is 48.1 Å². The van der Waals surface area contributed by atoms with Gasteiger partial charge >= 0.3 is 5.97 Å².